The maximum absolute atomic E-state index is 2.60. The summed E-state index contributed by atoms with van der Waals surface area (Å²) in [6, 6.07) is 8.96. The number of hydrogen-bond acceptors (Lipinski definition) is 1. The van der Waals surface area contributed by atoms with Gasteiger partial charge >= 0.3 is 0 Å². The third-order valence-electron chi connectivity index (χ3n) is 4.24. The van der Waals surface area contributed by atoms with Gasteiger partial charge in [-0.15, -0.1) is 0 Å². The Morgan fingerprint density at radius 1 is 0.947 bits per heavy atom. The Labute approximate surface area is 119 Å². The molecule has 0 unspecified atom stereocenters. The van der Waals surface area contributed by atoms with E-state index in [1.165, 1.54) is 76.6 Å². The highest BCUT2D eigenvalue weighted by molar-refractivity contribution is 5.55. The lowest BCUT2D eigenvalue weighted by Crippen LogP contribution is -2.30. The van der Waals surface area contributed by atoms with Crippen LogP contribution in [0.2, 0.25) is 0 Å². The van der Waals surface area contributed by atoms with Gasteiger partial charge < -0.3 is 4.90 Å². The van der Waals surface area contributed by atoms with Crippen molar-refractivity contribution in [3.05, 3.63) is 29.8 Å². The fraction of sp³-hybridized carbons (Fsp3) is 0.667. The number of aryl methyl sites for hydroxylation is 1. The number of benzene rings is 1. The van der Waals surface area contributed by atoms with Crippen molar-refractivity contribution < 1.29 is 0 Å². The van der Waals surface area contributed by atoms with E-state index in [2.05, 4.69) is 36.1 Å². The summed E-state index contributed by atoms with van der Waals surface area (Å²) in [5.74, 6) is 0. The average molecular weight is 259 g/mol. The van der Waals surface area contributed by atoms with E-state index in [1.54, 1.807) is 5.56 Å². The molecule has 1 heteroatoms. The number of unbranched alkanes of at least 4 members (excludes halogenated alkanes) is 6. The molecule has 0 aliphatic carbocycles. The van der Waals surface area contributed by atoms with E-state index in [0.717, 1.165) is 0 Å². The second kappa shape index (κ2) is 8.24. The molecule has 1 aromatic carbocycles. The molecule has 2 rings (SSSR count). The molecule has 0 amide bonds. The molecule has 0 aromatic heterocycles. The van der Waals surface area contributed by atoms with E-state index in [1.807, 2.05) is 0 Å². The van der Waals surface area contributed by atoms with Gasteiger partial charge in [-0.25, -0.2) is 0 Å². The molecule has 1 aliphatic heterocycles. The largest absolute Gasteiger partial charge is 0.371 e. The number of fused-ring (bicyclic) bond motifs is 1. The van der Waals surface area contributed by atoms with E-state index in [9.17, 15) is 0 Å². The van der Waals surface area contributed by atoms with Crippen molar-refractivity contribution in [2.24, 2.45) is 0 Å². The summed E-state index contributed by atoms with van der Waals surface area (Å²) in [5.41, 5.74) is 3.05. The van der Waals surface area contributed by atoms with Crippen molar-refractivity contribution in [3.8, 4) is 0 Å². The normalized spacial score (nSPS) is 14.5. The Morgan fingerprint density at radius 3 is 2.53 bits per heavy atom. The van der Waals surface area contributed by atoms with Crippen LogP contribution in [0.1, 0.15) is 63.9 Å². The van der Waals surface area contributed by atoms with Crippen molar-refractivity contribution in [1.29, 1.82) is 0 Å². The predicted octanol–water partition coefficient (Wildman–Crippen LogP) is 5.19. The molecule has 0 radical (unpaired) electrons. The molecule has 0 saturated carbocycles. The van der Waals surface area contributed by atoms with Gasteiger partial charge in [0.2, 0.25) is 0 Å². The van der Waals surface area contributed by atoms with Crippen LogP contribution in [0.15, 0.2) is 24.3 Å². The van der Waals surface area contributed by atoms with Crippen LogP contribution in [0, 0.1) is 0 Å². The first-order valence-electron chi connectivity index (χ1n) is 8.24. The summed E-state index contributed by atoms with van der Waals surface area (Å²) < 4.78 is 0. The molecule has 1 aliphatic rings. The summed E-state index contributed by atoms with van der Waals surface area (Å²) in [6.45, 7) is 4.80. The van der Waals surface area contributed by atoms with Crippen LogP contribution < -0.4 is 4.90 Å². The molecule has 1 nitrogen and oxygen atoms in total. The summed E-state index contributed by atoms with van der Waals surface area (Å²) in [6.07, 6.45) is 12.4. The molecule has 1 heterocycles. The van der Waals surface area contributed by atoms with E-state index >= 15 is 0 Å². The number of hydrogen-bond donors (Lipinski definition) is 0. The maximum atomic E-state index is 2.60. The predicted molar refractivity (Wildman–Crippen MR) is 85.0 cm³/mol. The Bertz CT molecular complexity index is 358. The maximum Gasteiger partial charge on any atom is 0.0398 e. The van der Waals surface area contributed by atoms with Gasteiger partial charge in [0.1, 0.15) is 0 Å². The summed E-state index contributed by atoms with van der Waals surface area (Å²) >= 11 is 0. The first-order chi connectivity index (χ1) is 9.42. The minimum absolute atomic E-state index is 1.25. The molecule has 0 bridgehead atoms. The van der Waals surface area contributed by atoms with Gasteiger partial charge in [0.25, 0.3) is 0 Å². The van der Waals surface area contributed by atoms with Crippen LogP contribution in [0.3, 0.4) is 0 Å². The van der Waals surface area contributed by atoms with Crippen LogP contribution in [0.5, 0.6) is 0 Å². The number of para-hydroxylation sites is 1. The zero-order chi connectivity index (χ0) is 13.3. The van der Waals surface area contributed by atoms with Crippen LogP contribution in [-0.4, -0.2) is 13.1 Å². The van der Waals surface area contributed by atoms with Crippen molar-refractivity contribution in [2.75, 3.05) is 18.0 Å². The van der Waals surface area contributed by atoms with Crippen molar-refractivity contribution in [3.63, 3.8) is 0 Å². The highest BCUT2D eigenvalue weighted by atomic mass is 15.1. The second-order valence-corrected chi connectivity index (χ2v) is 5.84. The van der Waals surface area contributed by atoms with E-state index < -0.39 is 0 Å². The highest BCUT2D eigenvalue weighted by Crippen LogP contribution is 2.26. The van der Waals surface area contributed by atoms with E-state index in [4.69, 9.17) is 0 Å². The molecule has 1 aromatic rings. The molecule has 106 valence electrons. The van der Waals surface area contributed by atoms with Gasteiger partial charge in [0.05, 0.1) is 0 Å². The topological polar surface area (TPSA) is 3.24 Å². The van der Waals surface area contributed by atoms with Crippen molar-refractivity contribution in [2.45, 2.75) is 64.7 Å². The molecular weight excluding hydrogens is 230 g/mol. The van der Waals surface area contributed by atoms with Crippen LogP contribution in [0.25, 0.3) is 0 Å². The van der Waals surface area contributed by atoms with Crippen LogP contribution >= 0.6 is 0 Å². The quantitative estimate of drug-likeness (QED) is 0.581. The Morgan fingerprint density at radius 2 is 1.68 bits per heavy atom. The van der Waals surface area contributed by atoms with E-state index in [-0.39, 0.29) is 0 Å². The monoisotopic (exact) mass is 259 g/mol. The minimum atomic E-state index is 1.25. The van der Waals surface area contributed by atoms with Gasteiger partial charge in [-0.1, -0.05) is 63.6 Å². The third kappa shape index (κ3) is 4.56. The Kier molecular flexibility index (Phi) is 6.26. The lowest BCUT2D eigenvalue weighted by molar-refractivity contribution is 0.576. The Balaban J connectivity index is 1.67. The van der Waals surface area contributed by atoms with Crippen LogP contribution in [-0.2, 0) is 6.42 Å². The van der Waals surface area contributed by atoms with Gasteiger partial charge in [-0.3, -0.25) is 0 Å². The lowest BCUT2D eigenvalue weighted by atomic mass is 10.0. The summed E-state index contributed by atoms with van der Waals surface area (Å²) in [5, 5.41) is 0. The number of rotatable bonds is 8. The second-order valence-electron chi connectivity index (χ2n) is 5.84. The lowest BCUT2D eigenvalue weighted by Gasteiger charge is -2.31. The molecule has 0 atom stereocenters. The highest BCUT2D eigenvalue weighted by Gasteiger charge is 2.14. The molecule has 0 fully saturated rings. The molecule has 0 saturated heterocycles. The Hall–Kier alpha value is -0.980. The first kappa shape index (κ1) is 14.4. The fourth-order valence-electron chi connectivity index (χ4n) is 3.10. The van der Waals surface area contributed by atoms with Crippen LogP contribution in [0.4, 0.5) is 5.69 Å². The first-order valence-corrected chi connectivity index (χ1v) is 8.24. The van der Waals surface area contributed by atoms with Gasteiger partial charge in [-0.2, -0.15) is 0 Å². The van der Waals surface area contributed by atoms with Gasteiger partial charge in [-0.05, 0) is 30.9 Å². The minimum Gasteiger partial charge on any atom is -0.371 e. The van der Waals surface area contributed by atoms with Crippen molar-refractivity contribution >= 4 is 5.69 Å². The summed E-state index contributed by atoms with van der Waals surface area (Å²) in [4.78, 5) is 2.60. The molecular formula is C18H29N. The fourth-order valence-corrected chi connectivity index (χ4v) is 3.10. The van der Waals surface area contributed by atoms with Gasteiger partial charge in [0.15, 0.2) is 0 Å². The zero-order valence-corrected chi connectivity index (χ0v) is 12.5. The molecule has 19 heavy (non-hydrogen) atoms. The number of nitrogens with zero attached hydrogens (tertiary/aromatic N) is 1. The SMILES string of the molecule is CCCCCCCCCN1CCCc2ccccc21. The number of anilines is 1. The smallest absolute Gasteiger partial charge is 0.0398 e. The van der Waals surface area contributed by atoms with Crippen molar-refractivity contribution in [1.82, 2.24) is 0 Å². The van der Waals surface area contributed by atoms with E-state index in [0.29, 0.717) is 0 Å². The third-order valence-corrected chi connectivity index (χ3v) is 4.24. The summed E-state index contributed by atoms with van der Waals surface area (Å²) in [7, 11) is 0. The van der Waals surface area contributed by atoms with Gasteiger partial charge in [0, 0.05) is 18.8 Å². The average Bonchev–Trinajstić information content (AvgIpc) is 2.46. The molecule has 0 N–H and O–H groups in total. The standard InChI is InChI=1S/C18H29N/c1-2-3-4-5-6-7-10-15-19-16-11-13-17-12-8-9-14-18(17)19/h8-9,12,14H,2-7,10-11,13,15-16H2,1H3. The molecule has 0 spiro atoms. The zero-order valence-electron chi connectivity index (χ0n) is 12.5.